The molecule has 0 aliphatic heterocycles. The van der Waals surface area contributed by atoms with E-state index in [9.17, 15) is 9.90 Å². The highest BCUT2D eigenvalue weighted by Gasteiger charge is 2.09. The maximum Gasteiger partial charge on any atom is 0.220 e. The van der Waals surface area contributed by atoms with Crippen molar-refractivity contribution < 1.29 is 9.90 Å². The van der Waals surface area contributed by atoms with Crippen LogP contribution >= 0.6 is 0 Å². The van der Waals surface area contributed by atoms with Gasteiger partial charge in [0.05, 0.1) is 6.10 Å². The molecule has 22 heavy (non-hydrogen) atoms. The number of H-pyrrole nitrogens is 1. The first-order valence-corrected chi connectivity index (χ1v) is 8.06. The van der Waals surface area contributed by atoms with E-state index >= 15 is 0 Å². The molecule has 0 aliphatic rings. The van der Waals surface area contributed by atoms with Crippen molar-refractivity contribution in [3.05, 3.63) is 36.0 Å². The molecule has 0 spiro atoms. The molecule has 0 bridgehead atoms. The molecule has 1 heterocycles. The number of carbonyl (C=O) groups excluding carboxylic acids is 1. The fourth-order valence-corrected chi connectivity index (χ4v) is 2.82. The second-order valence-electron chi connectivity index (χ2n) is 6.21. The summed E-state index contributed by atoms with van der Waals surface area (Å²) in [5.41, 5.74) is 2.42. The molecule has 2 rings (SSSR count). The van der Waals surface area contributed by atoms with E-state index in [-0.39, 0.29) is 12.0 Å². The van der Waals surface area contributed by atoms with Crippen LogP contribution in [0.25, 0.3) is 10.9 Å². The van der Waals surface area contributed by atoms with Gasteiger partial charge in [-0.15, -0.1) is 0 Å². The van der Waals surface area contributed by atoms with E-state index < -0.39 is 0 Å². The molecule has 120 valence electrons. The van der Waals surface area contributed by atoms with Crippen LogP contribution in [0.15, 0.2) is 30.5 Å². The molecule has 0 fully saturated rings. The number of aliphatic hydroxyl groups is 1. The lowest BCUT2D eigenvalue weighted by molar-refractivity contribution is -0.121. The van der Waals surface area contributed by atoms with Crippen LogP contribution < -0.4 is 5.32 Å². The van der Waals surface area contributed by atoms with Crippen molar-refractivity contribution in [2.24, 2.45) is 5.92 Å². The predicted molar refractivity (Wildman–Crippen MR) is 89.7 cm³/mol. The summed E-state index contributed by atoms with van der Waals surface area (Å²) >= 11 is 0. The number of para-hydroxylation sites is 1. The average Bonchev–Trinajstić information content (AvgIpc) is 2.88. The molecule has 1 aromatic carbocycles. The minimum Gasteiger partial charge on any atom is -0.393 e. The standard InChI is InChI=1S/C18H26N2O2/c1-13(10-14(2)21)11-20-18(22)9-5-6-15-12-19-17-8-4-3-7-16(15)17/h3-4,7-8,12-14,19,21H,5-6,9-11H2,1-2H3,(H,20,22). The molecule has 2 aromatic rings. The highest BCUT2D eigenvalue weighted by molar-refractivity contribution is 5.83. The lowest BCUT2D eigenvalue weighted by Gasteiger charge is -2.14. The molecule has 4 nitrogen and oxygen atoms in total. The number of rotatable bonds is 8. The number of amides is 1. The van der Waals surface area contributed by atoms with Crippen molar-refractivity contribution in [2.75, 3.05) is 6.54 Å². The Balaban J connectivity index is 1.71. The van der Waals surface area contributed by atoms with E-state index in [4.69, 9.17) is 0 Å². The minimum atomic E-state index is -0.311. The fraction of sp³-hybridized carbons (Fsp3) is 0.500. The average molecular weight is 302 g/mol. The van der Waals surface area contributed by atoms with Crippen LogP contribution in [-0.2, 0) is 11.2 Å². The number of aromatic amines is 1. The quantitative estimate of drug-likeness (QED) is 0.702. The molecule has 1 amide bonds. The largest absolute Gasteiger partial charge is 0.393 e. The summed E-state index contributed by atoms with van der Waals surface area (Å²) in [4.78, 5) is 15.1. The topological polar surface area (TPSA) is 65.1 Å². The van der Waals surface area contributed by atoms with E-state index in [0.29, 0.717) is 18.9 Å². The number of carbonyl (C=O) groups is 1. The Hall–Kier alpha value is -1.81. The van der Waals surface area contributed by atoms with Crippen LogP contribution in [0.5, 0.6) is 0 Å². The third-order valence-electron chi connectivity index (χ3n) is 3.92. The van der Waals surface area contributed by atoms with Gasteiger partial charge in [0, 0.05) is 30.1 Å². The molecule has 4 heteroatoms. The Morgan fingerprint density at radius 3 is 2.86 bits per heavy atom. The van der Waals surface area contributed by atoms with E-state index in [1.165, 1.54) is 10.9 Å². The first kappa shape index (κ1) is 16.6. The van der Waals surface area contributed by atoms with E-state index in [2.05, 4.69) is 22.4 Å². The maximum atomic E-state index is 11.8. The second kappa shape index (κ2) is 7.99. The van der Waals surface area contributed by atoms with Gasteiger partial charge in [-0.25, -0.2) is 0 Å². The van der Waals surface area contributed by atoms with Gasteiger partial charge in [-0.3, -0.25) is 4.79 Å². The number of benzene rings is 1. The first-order valence-electron chi connectivity index (χ1n) is 8.06. The van der Waals surface area contributed by atoms with Crippen molar-refractivity contribution in [1.82, 2.24) is 10.3 Å². The fourth-order valence-electron chi connectivity index (χ4n) is 2.82. The lowest BCUT2D eigenvalue weighted by atomic mass is 10.0. The summed E-state index contributed by atoms with van der Waals surface area (Å²) in [7, 11) is 0. The normalized spacial score (nSPS) is 14.0. The summed E-state index contributed by atoms with van der Waals surface area (Å²) in [6.07, 6.45) is 4.73. The van der Waals surface area contributed by atoms with Gasteiger partial charge in [0.25, 0.3) is 0 Å². The summed E-state index contributed by atoms with van der Waals surface area (Å²) in [5.74, 6) is 0.398. The minimum absolute atomic E-state index is 0.0947. The smallest absolute Gasteiger partial charge is 0.220 e. The van der Waals surface area contributed by atoms with Crippen LogP contribution in [0.4, 0.5) is 0 Å². The van der Waals surface area contributed by atoms with Crippen molar-refractivity contribution in [3.63, 3.8) is 0 Å². The van der Waals surface area contributed by atoms with Gasteiger partial charge < -0.3 is 15.4 Å². The molecule has 0 aliphatic carbocycles. The number of aryl methyl sites for hydroxylation is 1. The highest BCUT2D eigenvalue weighted by Crippen LogP contribution is 2.19. The van der Waals surface area contributed by atoms with Crippen molar-refractivity contribution in [3.8, 4) is 0 Å². The van der Waals surface area contributed by atoms with Crippen molar-refractivity contribution in [1.29, 1.82) is 0 Å². The molecule has 0 radical (unpaired) electrons. The Morgan fingerprint density at radius 2 is 2.09 bits per heavy atom. The number of nitrogens with one attached hydrogen (secondary N) is 2. The molecule has 2 atom stereocenters. The van der Waals surface area contributed by atoms with Gasteiger partial charge in [0.15, 0.2) is 0 Å². The maximum absolute atomic E-state index is 11.8. The number of hydrogen-bond acceptors (Lipinski definition) is 2. The third kappa shape index (κ3) is 4.88. The summed E-state index contributed by atoms with van der Waals surface area (Å²) in [5, 5.41) is 13.5. The van der Waals surface area contributed by atoms with Gasteiger partial charge in [0.1, 0.15) is 0 Å². The molecule has 0 saturated carbocycles. The highest BCUT2D eigenvalue weighted by atomic mass is 16.3. The third-order valence-corrected chi connectivity index (χ3v) is 3.92. The first-order chi connectivity index (χ1) is 10.6. The molecule has 2 unspecified atom stereocenters. The molecular formula is C18H26N2O2. The van der Waals surface area contributed by atoms with Gasteiger partial charge in [0.2, 0.25) is 5.91 Å². The van der Waals surface area contributed by atoms with Crippen molar-refractivity contribution >= 4 is 16.8 Å². The SMILES string of the molecule is CC(O)CC(C)CNC(=O)CCCc1c[nH]c2ccccc12. The zero-order valence-corrected chi connectivity index (χ0v) is 13.4. The van der Waals surface area contributed by atoms with Crippen molar-refractivity contribution in [2.45, 2.75) is 45.6 Å². The molecule has 0 saturated heterocycles. The predicted octanol–water partition coefficient (Wildman–Crippen LogP) is 3.01. The summed E-state index contributed by atoms with van der Waals surface area (Å²) in [6, 6.07) is 8.23. The Morgan fingerprint density at radius 1 is 1.32 bits per heavy atom. The molecule has 3 N–H and O–H groups in total. The monoisotopic (exact) mass is 302 g/mol. The molecular weight excluding hydrogens is 276 g/mol. The van der Waals surface area contributed by atoms with Gasteiger partial charge in [-0.1, -0.05) is 25.1 Å². The number of fused-ring (bicyclic) bond motifs is 1. The van der Waals surface area contributed by atoms with E-state index in [0.717, 1.165) is 24.8 Å². The zero-order chi connectivity index (χ0) is 15.9. The summed E-state index contributed by atoms with van der Waals surface area (Å²) in [6.45, 7) is 4.45. The van der Waals surface area contributed by atoms with Crippen LogP contribution in [0, 0.1) is 5.92 Å². The van der Waals surface area contributed by atoms with Gasteiger partial charge in [-0.05, 0) is 43.7 Å². The van der Waals surface area contributed by atoms with Gasteiger partial charge >= 0.3 is 0 Å². The van der Waals surface area contributed by atoms with Gasteiger partial charge in [-0.2, -0.15) is 0 Å². The van der Waals surface area contributed by atoms with E-state index in [1.54, 1.807) is 6.92 Å². The zero-order valence-electron chi connectivity index (χ0n) is 13.4. The molecule has 1 aromatic heterocycles. The van der Waals surface area contributed by atoms with Crippen LogP contribution in [0.3, 0.4) is 0 Å². The van der Waals surface area contributed by atoms with Crippen LogP contribution in [-0.4, -0.2) is 28.6 Å². The number of hydrogen-bond donors (Lipinski definition) is 3. The lowest BCUT2D eigenvalue weighted by Crippen LogP contribution is -2.29. The second-order valence-corrected chi connectivity index (χ2v) is 6.21. The number of aliphatic hydroxyl groups excluding tert-OH is 1. The Bertz CT molecular complexity index is 604. The van der Waals surface area contributed by atoms with E-state index in [1.807, 2.05) is 25.3 Å². The Kier molecular flexibility index (Phi) is 6.01. The number of aromatic nitrogens is 1. The van der Waals surface area contributed by atoms with Crippen LogP contribution in [0.1, 0.15) is 38.7 Å². The van der Waals surface area contributed by atoms with Crippen LogP contribution in [0.2, 0.25) is 0 Å². The Labute approximate surface area is 131 Å². The summed E-state index contributed by atoms with van der Waals surface area (Å²) < 4.78 is 0.